The maximum absolute atomic E-state index is 14.2. The predicted molar refractivity (Wildman–Crippen MR) is 163 cm³/mol. The van der Waals surface area contributed by atoms with Crippen molar-refractivity contribution >= 4 is 51.6 Å². The van der Waals surface area contributed by atoms with Gasteiger partial charge in [-0.1, -0.05) is 55.3 Å². The highest BCUT2D eigenvalue weighted by atomic mass is 35.5. The number of carbonyl (C=O) groups excluding carboxylic acids is 1. The van der Waals surface area contributed by atoms with E-state index in [9.17, 15) is 23.2 Å². The van der Waals surface area contributed by atoms with E-state index in [4.69, 9.17) is 27.9 Å². The number of fused-ring (bicyclic) bond motifs is 1. The lowest BCUT2D eigenvalue weighted by atomic mass is 9.96. The Balaban J connectivity index is 1.76. The van der Waals surface area contributed by atoms with Gasteiger partial charge in [-0.05, 0) is 43.4 Å². The Kier molecular flexibility index (Phi) is 8.83. The molecular formula is C30H29Cl2F3N8O2. The van der Waals surface area contributed by atoms with Gasteiger partial charge >= 0.3 is 6.09 Å². The van der Waals surface area contributed by atoms with E-state index < -0.39 is 36.1 Å². The van der Waals surface area contributed by atoms with Gasteiger partial charge in [0.05, 0.1) is 33.7 Å². The number of halogens is 5. The molecule has 5 rings (SSSR count). The van der Waals surface area contributed by atoms with Gasteiger partial charge < -0.3 is 10.1 Å². The number of anilines is 2. The van der Waals surface area contributed by atoms with Crippen LogP contribution in [0.15, 0.2) is 36.7 Å². The van der Waals surface area contributed by atoms with Gasteiger partial charge in [-0.25, -0.2) is 23.2 Å². The molecule has 45 heavy (non-hydrogen) atoms. The van der Waals surface area contributed by atoms with E-state index in [2.05, 4.69) is 31.7 Å². The molecule has 3 aromatic heterocycles. The summed E-state index contributed by atoms with van der Waals surface area (Å²) in [7, 11) is 0. The third-order valence-electron chi connectivity index (χ3n) is 7.54. The number of alkyl halides is 3. The second kappa shape index (κ2) is 12.3. The van der Waals surface area contributed by atoms with Gasteiger partial charge in [0.15, 0.2) is 6.07 Å². The molecule has 1 N–H and O–H groups in total. The van der Waals surface area contributed by atoms with Crippen molar-refractivity contribution < 1.29 is 22.7 Å². The molecule has 0 radical (unpaired) electrons. The lowest BCUT2D eigenvalue weighted by molar-refractivity contribution is 0.0593. The first-order valence-electron chi connectivity index (χ1n) is 13.9. The van der Waals surface area contributed by atoms with Gasteiger partial charge in [-0.2, -0.15) is 9.65 Å². The normalized spacial score (nSPS) is 14.7. The fraction of sp³-hybridized carbons (Fsp3) is 0.400. The molecule has 1 aromatic carbocycles. The third kappa shape index (κ3) is 6.35. The van der Waals surface area contributed by atoms with Gasteiger partial charge in [-0.15, -0.1) is 5.10 Å². The van der Waals surface area contributed by atoms with Gasteiger partial charge in [-0.3, -0.25) is 9.88 Å². The Labute approximate surface area is 267 Å². The SMILES string of the molecule is Cc1nc(F)ccc1[C@@H](c1cn(C2(C(F)F)CC2)nn1)N(C(=O)OCCl)c1cc(Cl)c2ncc(C#N)c(NCC(C)(C)C)c2c1. The lowest BCUT2D eigenvalue weighted by Crippen LogP contribution is -2.37. The Morgan fingerprint density at radius 3 is 2.62 bits per heavy atom. The van der Waals surface area contributed by atoms with E-state index in [0.717, 1.165) is 10.7 Å². The van der Waals surface area contributed by atoms with Crippen LogP contribution in [0.2, 0.25) is 5.02 Å². The second-order valence-corrected chi connectivity index (χ2v) is 12.6. The van der Waals surface area contributed by atoms with E-state index in [1.165, 1.54) is 36.4 Å². The minimum Gasteiger partial charge on any atom is -0.433 e. The van der Waals surface area contributed by atoms with Crippen LogP contribution >= 0.6 is 23.2 Å². The third-order valence-corrected chi connectivity index (χ3v) is 7.94. The number of nitrogens with one attached hydrogen (secondary N) is 1. The molecule has 15 heteroatoms. The first-order chi connectivity index (χ1) is 21.3. The van der Waals surface area contributed by atoms with Crippen molar-refractivity contribution in [2.45, 2.75) is 58.5 Å². The second-order valence-electron chi connectivity index (χ2n) is 12.0. The fourth-order valence-corrected chi connectivity index (χ4v) is 5.40. The van der Waals surface area contributed by atoms with Crippen LogP contribution in [-0.2, 0) is 10.3 Å². The number of nitrogens with zero attached hydrogens (tertiary/aromatic N) is 7. The Morgan fingerprint density at radius 2 is 2.02 bits per heavy atom. The van der Waals surface area contributed by atoms with E-state index >= 15 is 0 Å². The number of aryl methyl sites for hydroxylation is 1. The zero-order valence-corrected chi connectivity index (χ0v) is 26.3. The monoisotopic (exact) mass is 660 g/mol. The summed E-state index contributed by atoms with van der Waals surface area (Å²) >= 11 is 12.6. The number of hydrogen-bond donors (Lipinski definition) is 1. The predicted octanol–water partition coefficient (Wildman–Crippen LogP) is 7.34. The molecule has 1 aliphatic rings. The van der Waals surface area contributed by atoms with Crippen LogP contribution in [0.5, 0.6) is 0 Å². The number of nitriles is 1. The minimum absolute atomic E-state index is 0.0798. The zero-order valence-electron chi connectivity index (χ0n) is 24.8. The topological polar surface area (TPSA) is 122 Å². The Morgan fingerprint density at radius 1 is 1.29 bits per heavy atom. The summed E-state index contributed by atoms with van der Waals surface area (Å²) < 4.78 is 48.5. The number of aromatic nitrogens is 5. The molecule has 0 unspecified atom stereocenters. The smallest absolute Gasteiger partial charge is 0.416 e. The van der Waals surface area contributed by atoms with Crippen LogP contribution in [-0.4, -0.2) is 50.1 Å². The van der Waals surface area contributed by atoms with E-state index in [1.807, 2.05) is 20.8 Å². The standard InChI is InChI=1S/C30H29Cl2F3N8O2/c1-16-19(5-6-23(33)39-16)26(22-13-42(41-40-22)30(7-8-30)27(34)35)43(28(44)45-15-31)18-9-20-24(38-14-29(2,3)4)17(11-36)12-37-25(20)21(32)10-18/h5-6,9-10,12-13,26-27H,7-8,14-15H2,1-4H3,(H,37,38)/t26-/m0/s1. The molecule has 1 fully saturated rings. The largest absolute Gasteiger partial charge is 0.433 e. The van der Waals surface area contributed by atoms with Crippen LogP contribution in [0.4, 0.5) is 29.3 Å². The molecule has 1 amide bonds. The lowest BCUT2D eigenvalue weighted by Gasteiger charge is -2.31. The van der Waals surface area contributed by atoms with E-state index in [0.29, 0.717) is 28.7 Å². The highest BCUT2D eigenvalue weighted by Gasteiger charge is 2.54. The summed E-state index contributed by atoms with van der Waals surface area (Å²) in [6.45, 7) is 8.09. The molecule has 0 spiro atoms. The molecule has 236 valence electrons. The van der Waals surface area contributed by atoms with E-state index in [1.54, 1.807) is 6.07 Å². The van der Waals surface area contributed by atoms with Crippen molar-refractivity contribution in [1.29, 1.82) is 5.26 Å². The Bertz CT molecular complexity index is 1800. The number of benzene rings is 1. The molecule has 4 aromatic rings. The van der Waals surface area contributed by atoms with Gasteiger partial charge in [0.1, 0.15) is 23.3 Å². The average Bonchev–Trinajstić information content (AvgIpc) is 3.65. The summed E-state index contributed by atoms with van der Waals surface area (Å²) in [5, 5.41) is 22.0. The number of hydrogen-bond acceptors (Lipinski definition) is 8. The molecule has 1 saturated carbocycles. The highest BCUT2D eigenvalue weighted by molar-refractivity contribution is 6.36. The minimum atomic E-state index is -2.70. The highest BCUT2D eigenvalue weighted by Crippen LogP contribution is 2.48. The van der Waals surface area contributed by atoms with Crippen LogP contribution in [0, 0.1) is 29.6 Å². The summed E-state index contributed by atoms with van der Waals surface area (Å²) in [4.78, 5) is 23.2. The van der Waals surface area contributed by atoms with Crippen LogP contribution in [0.3, 0.4) is 0 Å². The molecule has 10 nitrogen and oxygen atoms in total. The molecule has 3 heterocycles. The van der Waals surface area contributed by atoms with Gasteiger partial charge in [0.25, 0.3) is 6.43 Å². The van der Waals surface area contributed by atoms with Gasteiger partial charge in [0.2, 0.25) is 5.95 Å². The average molecular weight is 662 g/mol. The summed E-state index contributed by atoms with van der Waals surface area (Å²) in [6.07, 6.45) is -0.506. The first-order valence-corrected chi connectivity index (χ1v) is 14.8. The quantitative estimate of drug-likeness (QED) is 0.146. The summed E-state index contributed by atoms with van der Waals surface area (Å²) in [5.74, 6) is -0.762. The molecule has 0 bridgehead atoms. The summed E-state index contributed by atoms with van der Waals surface area (Å²) in [6, 6.07) is 6.00. The van der Waals surface area contributed by atoms with Crippen LogP contribution < -0.4 is 10.2 Å². The maximum atomic E-state index is 14.2. The van der Waals surface area contributed by atoms with E-state index in [-0.39, 0.29) is 45.9 Å². The zero-order chi connectivity index (χ0) is 32.7. The van der Waals surface area contributed by atoms with Crippen LogP contribution in [0.25, 0.3) is 10.9 Å². The fourth-order valence-electron chi connectivity index (χ4n) is 5.05. The van der Waals surface area contributed by atoms with Crippen molar-refractivity contribution in [2.24, 2.45) is 5.41 Å². The number of carbonyl (C=O) groups is 1. The van der Waals surface area contributed by atoms with Crippen molar-refractivity contribution in [3.8, 4) is 6.07 Å². The number of pyridine rings is 2. The maximum Gasteiger partial charge on any atom is 0.416 e. The molecule has 0 saturated heterocycles. The summed E-state index contributed by atoms with van der Waals surface area (Å²) in [5.41, 5.74) is 0.123. The molecule has 1 aliphatic carbocycles. The Hall–Kier alpha value is -4.15. The number of ether oxygens (including phenoxy) is 1. The van der Waals surface area contributed by atoms with Crippen molar-refractivity contribution in [3.63, 3.8) is 0 Å². The van der Waals surface area contributed by atoms with Gasteiger partial charge in [0, 0.05) is 29.4 Å². The van der Waals surface area contributed by atoms with Crippen molar-refractivity contribution in [3.05, 3.63) is 70.1 Å². The first kappa shape index (κ1) is 32.2. The van der Waals surface area contributed by atoms with Crippen molar-refractivity contribution in [1.82, 2.24) is 25.0 Å². The van der Waals surface area contributed by atoms with Crippen molar-refractivity contribution in [2.75, 3.05) is 22.8 Å². The molecule has 0 aliphatic heterocycles. The number of amides is 1. The van der Waals surface area contributed by atoms with Crippen LogP contribution in [0.1, 0.15) is 62.2 Å². The number of rotatable bonds is 9. The molecule has 1 atom stereocenters. The molecular weight excluding hydrogens is 632 g/mol.